The number of methoxy groups -OCH3 is 1. The Bertz CT molecular complexity index is 896. The van der Waals surface area contributed by atoms with E-state index >= 15 is 0 Å². The van der Waals surface area contributed by atoms with E-state index in [2.05, 4.69) is 11.4 Å². The molecule has 0 radical (unpaired) electrons. The lowest BCUT2D eigenvalue weighted by Crippen LogP contribution is -2.45. The van der Waals surface area contributed by atoms with E-state index < -0.39 is 11.8 Å². The van der Waals surface area contributed by atoms with E-state index in [1.165, 1.54) is 7.11 Å². The highest BCUT2D eigenvalue weighted by Crippen LogP contribution is 2.45. The van der Waals surface area contributed by atoms with E-state index in [-0.39, 0.29) is 17.4 Å². The molecular formula is C23H28N2O4. The van der Waals surface area contributed by atoms with Crippen LogP contribution in [-0.2, 0) is 9.59 Å². The molecule has 1 aliphatic carbocycles. The van der Waals surface area contributed by atoms with Gasteiger partial charge in [0.1, 0.15) is 5.78 Å². The summed E-state index contributed by atoms with van der Waals surface area (Å²) in [4.78, 5) is 28.4. The van der Waals surface area contributed by atoms with Crippen molar-refractivity contribution in [1.29, 1.82) is 0 Å². The molecule has 1 fully saturated rings. The number of ether oxygens (including phenoxy) is 1. The molecular weight excluding hydrogens is 368 g/mol. The van der Waals surface area contributed by atoms with Gasteiger partial charge in [-0.15, -0.1) is 0 Å². The van der Waals surface area contributed by atoms with E-state index in [0.29, 0.717) is 24.2 Å². The molecule has 6 heteroatoms. The Balaban J connectivity index is 1.82. The summed E-state index contributed by atoms with van der Waals surface area (Å²) in [5.74, 6) is -0.331. The van der Waals surface area contributed by atoms with Crippen molar-refractivity contribution >= 4 is 11.7 Å². The van der Waals surface area contributed by atoms with Gasteiger partial charge in [0.15, 0.2) is 11.5 Å². The van der Waals surface area contributed by atoms with Crippen molar-refractivity contribution in [1.82, 2.24) is 10.2 Å². The first kappa shape index (κ1) is 19.6. The number of phenolic OH excluding ortho intramolecular Hbond substituents is 1. The third-order valence-electron chi connectivity index (χ3n) is 6.25. The number of amides is 1. The smallest absolute Gasteiger partial charge is 0.252 e. The second kappa shape index (κ2) is 7.93. The van der Waals surface area contributed by atoms with Gasteiger partial charge in [-0.2, -0.15) is 0 Å². The minimum absolute atomic E-state index is 0.00701. The number of piperidine rings is 1. The second-order valence-electron chi connectivity index (χ2n) is 8.07. The molecule has 0 aromatic heterocycles. The second-order valence-corrected chi connectivity index (χ2v) is 8.07. The number of rotatable bonds is 3. The van der Waals surface area contributed by atoms with E-state index in [1.54, 1.807) is 12.1 Å². The molecule has 29 heavy (non-hydrogen) atoms. The van der Waals surface area contributed by atoms with E-state index in [0.717, 1.165) is 49.3 Å². The van der Waals surface area contributed by atoms with Crippen LogP contribution in [0.4, 0.5) is 0 Å². The molecule has 6 nitrogen and oxygen atoms in total. The first-order valence-corrected chi connectivity index (χ1v) is 10.4. The quantitative estimate of drug-likeness (QED) is 0.820. The van der Waals surface area contributed by atoms with E-state index in [1.807, 2.05) is 17.9 Å². The summed E-state index contributed by atoms with van der Waals surface area (Å²) < 4.78 is 5.18. The number of hydrogen-bond donors (Lipinski definition) is 2. The molecule has 2 unspecified atom stereocenters. The summed E-state index contributed by atoms with van der Waals surface area (Å²) in [6.45, 7) is 3.40. The Hall–Kier alpha value is -2.76. The van der Waals surface area contributed by atoms with Gasteiger partial charge in [-0.1, -0.05) is 12.1 Å². The number of benzene rings is 1. The van der Waals surface area contributed by atoms with E-state index in [4.69, 9.17) is 4.74 Å². The van der Waals surface area contributed by atoms with Gasteiger partial charge in [-0.3, -0.25) is 9.59 Å². The summed E-state index contributed by atoms with van der Waals surface area (Å²) in [5.41, 5.74) is 3.05. The van der Waals surface area contributed by atoms with Crippen LogP contribution in [0.2, 0.25) is 0 Å². The van der Waals surface area contributed by atoms with Gasteiger partial charge >= 0.3 is 0 Å². The SMILES string of the molecule is COc1ccc(C2C(C(=O)N3CCCCC3)=C(C)NC3=CCCC(=O)C32)cc1O. The molecule has 2 atom stereocenters. The minimum Gasteiger partial charge on any atom is -0.504 e. The van der Waals surface area contributed by atoms with Crippen molar-refractivity contribution in [2.75, 3.05) is 20.2 Å². The largest absolute Gasteiger partial charge is 0.504 e. The number of nitrogens with zero attached hydrogens (tertiary/aromatic N) is 1. The molecule has 4 rings (SSSR count). The molecule has 2 aliphatic heterocycles. The normalized spacial score (nSPS) is 24.6. The number of ketones is 1. The molecule has 2 N–H and O–H groups in total. The third kappa shape index (κ3) is 3.52. The van der Waals surface area contributed by atoms with Crippen LogP contribution in [0.5, 0.6) is 11.5 Å². The van der Waals surface area contributed by atoms with Crippen LogP contribution in [0.3, 0.4) is 0 Å². The summed E-state index contributed by atoms with van der Waals surface area (Å²) >= 11 is 0. The predicted octanol–water partition coefficient (Wildman–Crippen LogP) is 3.24. The lowest BCUT2D eigenvalue weighted by atomic mass is 9.70. The molecule has 0 bridgehead atoms. The zero-order valence-corrected chi connectivity index (χ0v) is 17.0. The molecule has 3 aliphatic rings. The number of nitrogens with one attached hydrogen (secondary N) is 1. The summed E-state index contributed by atoms with van der Waals surface area (Å²) in [6.07, 6.45) is 6.40. The molecule has 1 saturated heterocycles. The number of likely N-dealkylation sites (tertiary alicyclic amines) is 1. The fourth-order valence-electron chi connectivity index (χ4n) is 4.82. The van der Waals surface area contributed by atoms with Gasteiger partial charge in [-0.05, 0) is 50.3 Å². The lowest BCUT2D eigenvalue weighted by Gasteiger charge is -2.40. The molecule has 2 heterocycles. The minimum atomic E-state index is -0.427. The monoisotopic (exact) mass is 396 g/mol. The number of aromatic hydroxyl groups is 1. The fourth-order valence-corrected chi connectivity index (χ4v) is 4.82. The van der Waals surface area contributed by atoms with Crippen LogP contribution in [0.25, 0.3) is 0 Å². The van der Waals surface area contributed by atoms with Gasteiger partial charge in [0.25, 0.3) is 5.91 Å². The average Bonchev–Trinajstić information content (AvgIpc) is 2.73. The Morgan fingerprint density at radius 2 is 1.97 bits per heavy atom. The van der Waals surface area contributed by atoms with Crippen LogP contribution in [-0.4, -0.2) is 41.9 Å². The van der Waals surface area contributed by atoms with Crippen molar-refractivity contribution < 1.29 is 19.4 Å². The van der Waals surface area contributed by atoms with Crippen molar-refractivity contribution in [2.24, 2.45) is 5.92 Å². The standard InChI is InChI=1S/C23H28N2O4/c1-14-20(23(28)25-11-4-3-5-12-25)21(15-9-10-19(29-2)18(27)13-15)22-16(24-14)7-6-8-17(22)26/h7,9-10,13,21-22,24,27H,3-6,8,11-12H2,1-2H3. The van der Waals surface area contributed by atoms with Crippen LogP contribution in [0.15, 0.2) is 41.2 Å². The van der Waals surface area contributed by atoms with E-state index in [9.17, 15) is 14.7 Å². The topological polar surface area (TPSA) is 78.9 Å². The number of phenols is 1. The van der Waals surface area contributed by atoms with Crippen LogP contribution >= 0.6 is 0 Å². The van der Waals surface area contributed by atoms with Gasteiger partial charge in [-0.25, -0.2) is 0 Å². The predicted molar refractivity (Wildman–Crippen MR) is 109 cm³/mol. The Morgan fingerprint density at radius 1 is 1.21 bits per heavy atom. The number of fused-ring (bicyclic) bond motifs is 1. The number of carbonyl (C=O) groups excluding carboxylic acids is 2. The summed E-state index contributed by atoms with van der Waals surface area (Å²) in [6, 6.07) is 5.18. The zero-order chi connectivity index (χ0) is 20.5. The number of allylic oxidation sites excluding steroid dienone is 3. The van der Waals surface area contributed by atoms with Crippen molar-refractivity contribution in [2.45, 2.75) is 44.9 Å². The highest BCUT2D eigenvalue weighted by molar-refractivity contribution is 5.99. The maximum absolute atomic E-state index is 13.5. The first-order chi connectivity index (χ1) is 14.0. The van der Waals surface area contributed by atoms with Gasteiger partial charge in [0, 0.05) is 42.4 Å². The van der Waals surface area contributed by atoms with Crippen molar-refractivity contribution in [3.63, 3.8) is 0 Å². The zero-order valence-electron chi connectivity index (χ0n) is 17.0. The van der Waals surface area contributed by atoms with Crippen molar-refractivity contribution in [3.8, 4) is 11.5 Å². The van der Waals surface area contributed by atoms with Crippen LogP contribution < -0.4 is 10.1 Å². The molecule has 0 saturated carbocycles. The maximum Gasteiger partial charge on any atom is 0.252 e. The van der Waals surface area contributed by atoms with Crippen molar-refractivity contribution in [3.05, 3.63) is 46.8 Å². The van der Waals surface area contributed by atoms with Crippen LogP contribution in [0.1, 0.15) is 50.5 Å². The highest BCUT2D eigenvalue weighted by atomic mass is 16.5. The molecule has 1 aromatic rings. The Kier molecular flexibility index (Phi) is 5.35. The molecule has 154 valence electrons. The first-order valence-electron chi connectivity index (χ1n) is 10.4. The Morgan fingerprint density at radius 3 is 2.66 bits per heavy atom. The summed E-state index contributed by atoms with van der Waals surface area (Å²) in [5, 5.41) is 13.7. The third-order valence-corrected chi connectivity index (χ3v) is 6.25. The van der Waals surface area contributed by atoms with Gasteiger partial charge in [0.2, 0.25) is 0 Å². The van der Waals surface area contributed by atoms with Crippen LogP contribution in [0, 0.1) is 5.92 Å². The highest BCUT2D eigenvalue weighted by Gasteiger charge is 2.44. The fraction of sp³-hybridized carbons (Fsp3) is 0.478. The molecule has 0 spiro atoms. The summed E-state index contributed by atoms with van der Waals surface area (Å²) in [7, 11) is 1.50. The number of hydrogen-bond acceptors (Lipinski definition) is 5. The molecule has 1 amide bonds. The van der Waals surface area contributed by atoms with Gasteiger partial charge < -0.3 is 20.1 Å². The Labute approximate surface area is 171 Å². The average molecular weight is 396 g/mol. The molecule has 1 aromatic carbocycles. The maximum atomic E-state index is 13.5. The van der Waals surface area contributed by atoms with Gasteiger partial charge in [0.05, 0.1) is 13.0 Å². The number of Topliss-reactive ketones (excluding diaryl/α,β-unsaturated/α-hetero) is 1. The lowest BCUT2D eigenvalue weighted by molar-refractivity contribution is -0.129. The number of carbonyl (C=O) groups is 2.